The largest absolute Gasteiger partial charge is 0.399 e. The first kappa shape index (κ1) is 13.2. The van der Waals surface area contributed by atoms with E-state index in [9.17, 15) is 8.42 Å². The molecule has 0 fully saturated rings. The molecule has 1 aromatic carbocycles. The molecule has 1 heterocycles. The molecule has 0 radical (unpaired) electrons. The first-order valence-corrected chi connectivity index (χ1v) is 6.93. The highest BCUT2D eigenvalue weighted by Crippen LogP contribution is 2.15. The molecule has 0 bridgehead atoms. The monoisotopic (exact) mass is 279 g/mol. The van der Waals surface area contributed by atoms with E-state index in [4.69, 9.17) is 5.73 Å². The Morgan fingerprint density at radius 2 is 1.89 bits per heavy atom. The fourth-order valence-corrected chi connectivity index (χ4v) is 2.35. The minimum absolute atomic E-state index is 0.0503. The Balaban J connectivity index is 2.33. The number of nitrogens with two attached hydrogens (primary N) is 1. The summed E-state index contributed by atoms with van der Waals surface area (Å²) in [4.78, 5) is 4.06. The standard InChI is InChI=1S/C11H13N5O2S/c1-7-8(2)14-15-11(13-7)16-19(17,18)10-5-3-4-9(12)6-10/h3-6H,12H2,1-2H3,(H,13,15,16). The Bertz CT molecular complexity index is 715. The second kappa shape index (κ2) is 4.81. The number of hydrogen-bond donors (Lipinski definition) is 2. The van der Waals surface area contributed by atoms with Gasteiger partial charge in [0, 0.05) is 5.69 Å². The smallest absolute Gasteiger partial charge is 0.264 e. The van der Waals surface area contributed by atoms with Crippen LogP contribution in [0.15, 0.2) is 29.2 Å². The average molecular weight is 279 g/mol. The van der Waals surface area contributed by atoms with Gasteiger partial charge in [0.1, 0.15) is 0 Å². The summed E-state index contributed by atoms with van der Waals surface area (Å²) in [6, 6.07) is 5.96. The first-order chi connectivity index (χ1) is 8.88. The molecule has 0 unspecified atom stereocenters. The highest BCUT2D eigenvalue weighted by Gasteiger charge is 2.16. The summed E-state index contributed by atoms with van der Waals surface area (Å²) < 4.78 is 26.4. The van der Waals surface area contributed by atoms with E-state index in [1.807, 2.05) is 0 Å². The number of benzene rings is 1. The number of aromatic nitrogens is 3. The Morgan fingerprint density at radius 1 is 1.16 bits per heavy atom. The number of nitrogens with one attached hydrogen (secondary N) is 1. The number of rotatable bonds is 3. The Hall–Kier alpha value is -2.22. The highest BCUT2D eigenvalue weighted by molar-refractivity contribution is 7.92. The predicted octanol–water partition coefficient (Wildman–Crippen LogP) is 0.871. The molecule has 1 aromatic heterocycles. The van der Waals surface area contributed by atoms with Crippen molar-refractivity contribution < 1.29 is 8.42 Å². The van der Waals surface area contributed by atoms with Gasteiger partial charge in [-0.25, -0.2) is 18.1 Å². The molecule has 0 aliphatic carbocycles. The summed E-state index contributed by atoms with van der Waals surface area (Å²) in [6.07, 6.45) is 0. The van der Waals surface area contributed by atoms with E-state index in [0.29, 0.717) is 17.1 Å². The maximum Gasteiger partial charge on any atom is 0.264 e. The van der Waals surface area contributed by atoms with Crippen molar-refractivity contribution in [1.82, 2.24) is 15.2 Å². The van der Waals surface area contributed by atoms with E-state index in [1.54, 1.807) is 26.0 Å². The molecule has 8 heteroatoms. The Kier molecular flexibility index (Phi) is 3.34. The van der Waals surface area contributed by atoms with Gasteiger partial charge in [-0.05, 0) is 32.0 Å². The van der Waals surface area contributed by atoms with Crippen LogP contribution in [0.2, 0.25) is 0 Å². The van der Waals surface area contributed by atoms with Crippen LogP contribution in [0.1, 0.15) is 11.4 Å². The van der Waals surface area contributed by atoms with Crippen molar-refractivity contribution >= 4 is 21.7 Å². The maximum absolute atomic E-state index is 12.1. The molecule has 0 aliphatic rings. The Morgan fingerprint density at radius 3 is 2.53 bits per heavy atom. The van der Waals surface area contributed by atoms with Gasteiger partial charge in [-0.3, -0.25) is 0 Å². The molecule has 0 saturated heterocycles. The molecule has 7 nitrogen and oxygen atoms in total. The molecule has 0 aliphatic heterocycles. The molecule has 0 spiro atoms. The summed E-state index contributed by atoms with van der Waals surface area (Å²) in [5.41, 5.74) is 7.18. The fraction of sp³-hybridized carbons (Fsp3) is 0.182. The zero-order chi connectivity index (χ0) is 14.0. The van der Waals surface area contributed by atoms with Gasteiger partial charge in [0.15, 0.2) is 0 Å². The average Bonchev–Trinajstić information content (AvgIpc) is 2.33. The lowest BCUT2D eigenvalue weighted by molar-refractivity contribution is 0.600. The van der Waals surface area contributed by atoms with E-state index in [0.717, 1.165) is 0 Å². The normalized spacial score (nSPS) is 11.3. The summed E-state index contributed by atoms with van der Waals surface area (Å²) in [5, 5.41) is 7.50. The second-order valence-corrected chi connectivity index (χ2v) is 5.67. The van der Waals surface area contributed by atoms with Crippen molar-refractivity contribution in [1.29, 1.82) is 0 Å². The van der Waals surface area contributed by atoms with Gasteiger partial charge in [0.2, 0.25) is 0 Å². The van der Waals surface area contributed by atoms with Crippen molar-refractivity contribution in [2.75, 3.05) is 10.5 Å². The molecule has 2 rings (SSSR count). The number of nitrogen functional groups attached to an aromatic ring is 1. The van der Waals surface area contributed by atoms with Crippen molar-refractivity contribution in [3.63, 3.8) is 0 Å². The van der Waals surface area contributed by atoms with Crippen LogP contribution in [0.3, 0.4) is 0 Å². The topological polar surface area (TPSA) is 111 Å². The van der Waals surface area contributed by atoms with Gasteiger partial charge < -0.3 is 5.73 Å². The molecular weight excluding hydrogens is 266 g/mol. The van der Waals surface area contributed by atoms with Crippen molar-refractivity contribution in [3.05, 3.63) is 35.7 Å². The third kappa shape index (κ3) is 2.97. The molecule has 19 heavy (non-hydrogen) atoms. The van der Waals surface area contributed by atoms with E-state index in [2.05, 4.69) is 19.9 Å². The van der Waals surface area contributed by atoms with E-state index >= 15 is 0 Å². The van der Waals surface area contributed by atoms with Crippen LogP contribution in [0.4, 0.5) is 11.6 Å². The molecular formula is C11H13N5O2S. The lowest BCUT2D eigenvalue weighted by Gasteiger charge is -2.07. The van der Waals surface area contributed by atoms with Crippen molar-refractivity contribution in [2.45, 2.75) is 18.7 Å². The number of hydrogen-bond acceptors (Lipinski definition) is 6. The van der Waals surface area contributed by atoms with Gasteiger partial charge in [-0.15, -0.1) is 5.10 Å². The van der Waals surface area contributed by atoms with Crippen LogP contribution >= 0.6 is 0 Å². The van der Waals surface area contributed by atoms with Crippen molar-refractivity contribution in [2.24, 2.45) is 0 Å². The zero-order valence-electron chi connectivity index (χ0n) is 10.5. The SMILES string of the molecule is Cc1nnc(NS(=O)(=O)c2cccc(N)c2)nc1C. The van der Waals surface area contributed by atoms with Crippen molar-refractivity contribution in [3.8, 4) is 0 Å². The molecule has 3 N–H and O–H groups in total. The fourth-order valence-electron chi connectivity index (χ4n) is 1.36. The van der Waals surface area contributed by atoms with Gasteiger partial charge in [-0.1, -0.05) is 6.07 Å². The lowest BCUT2D eigenvalue weighted by Crippen LogP contribution is -2.16. The maximum atomic E-state index is 12.1. The van der Waals surface area contributed by atoms with Crippen LogP contribution in [0, 0.1) is 13.8 Å². The summed E-state index contributed by atoms with van der Waals surface area (Å²) in [7, 11) is -3.76. The molecule has 0 atom stereocenters. The van der Waals surface area contributed by atoms with E-state index in [-0.39, 0.29) is 10.8 Å². The summed E-state index contributed by atoms with van der Waals surface area (Å²) in [5.74, 6) is -0.0643. The quantitative estimate of drug-likeness (QED) is 0.806. The number of aryl methyl sites for hydroxylation is 2. The Labute approximate surface area is 110 Å². The van der Waals surface area contributed by atoms with Crippen LogP contribution < -0.4 is 10.5 Å². The van der Waals surface area contributed by atoms with Gasteiger partial charge in [-0.2, -0.15) is 5.10 Å². The molecule has 2 aromatic rings. The van der Waals surface area contributed by atoms with Gasteiger partial charge in [0.05, 0.1) is 16.3 Å². The molecule has 100 valence electrons. The van der Waals surface area contributed by atoms with Crippen LogP contribution in [0.25, 0.3) is 0 Å². The van der Waals surface area contributed by atoms with E-state index < -0.39 is 10.0 Å². The summed E-state index contributed by atoms with van der Waals surface area (Å²) in [6.45, 7) is 3.47. The van der Waals surface area contributed by atoms with Crippen LogP contribution in [-0.4, -0.2) is 23.6 Å². The minimum Gasteiger partial charge on any atom is -0.399 e. The predicted molar refractivity (Wildman–Crippen MR) is 71.0 cm³/mol. The highest BCUT2D eigenvalue weighted by atomic mass is 32.2. The molecule has 0 saturated carbocycles. The van der Waals surface area contributed by atoms with E-state index in [1.165, 1.54) is 12.1 Å². The van der Waals surface area contributed by atoms with Gasteiger partial charge >= 0.3 is 0 Å². The molecule has 0 amide bonds. The summed E-state index contributed by atoms with van der Waals surface area (Å²) >= 11 is 0. The second-order valence-electron chi connectivity index (χ2n) is 3.98. The zero-order valence-corrected chi connectivity index (χ0v) is 11.3. The first-order valence-electron chi connectivity index (χ1n) is 5.45. The number of anilines is 2. The lowest BCUT2D eigenvalue weighted by atomic mass is 10.3. The minimum atomic E-state index is -3.76. The third-order valence-corrected chi connectivity index (χ3v) is 3.81. The van der Waals surface area contributed by atoms with Crippen LogP contribution in [-0.2, 0) is 10.0 Å². The third-order valence-electron chi connectivity index (χ3n) is 2.49. The number of sulfonamides is 1. The van der Waals surface area contributed by atoms with Crippen LogP contribution in [0.5, 0.6) is 0 Å². The number of nitrogens with zero attached hydrogens (tertiary/aromatic N) is 3. The van der Waals surface area contributed by atoms with Gasteiger partial charge in [0.25, 0.3) is 16.0 Å².